The lowest BCUT2D eigenvalue weighted by atomic mass is 9.80. The average Bonchev–Trinajstić information content (AvgIpc) is 3.10. The van der Waals surface area contributed by atoms with Crippen LogP contribution in [0.25, 0.3) is 11.3 Å². The van der Waals surface area contributed by atoms with Gasteiger partial charge >= 0.3 is 0 Å². The topological polar surface area (TPSA) is 80.0 Å². The lowest BCUT2D eigenvalue weighted by Crippen LogP contribution is -2.41. The van der Waals surface area contributed by atoms with Crippen molar-refractivity contribution >= 4 is 11.6 Å². The van der Waals surface area contributed by atoms with Gasteiger partial charge in [0.05, 0.1) is 18.3 Å². The zero-order valence-corrected chi connectivity index (χ0v) is 15.2. The summed E-state index contributed by atoms with van der Waals surface area (Å²) in [7, 11) is 0. The van der Waals surface area contributed by atoms with E-state index in [4.69, 9.17) is 0 Å². The molecule has 0 saturated heterocycles. The van der Waals surface area contributed by atoms with Gasteiger partial charge in [-0.1, -0.05) is 35.5 Å². The number of rotatable bonds is 5. The molecule has 6 nitrogen and oxygen atoms in total. The maximum absolute atomic E-state index is 12.7. The third-order valence-corrected chi connectivity index (χ3v) is 5.09. The Morgan fingerprint density at radius 1 is 1.22 bits per heavy atom. The SMILES string of the molecule is Cc1ccc(-c2cn(CC3(O)CCC3)nn2)cc1C(=O)Nc1ccccc1. The van der Waals surface area contributed by atoms with E-state index in [2.05, 4.69) is 15.6 Å². The van der Waals surface area contributed by atoms with Gasteiger partial charge in [0, 0.05) is 16.8 Å². The molecule has 2 N–H and O–H groups in total. The summed E-state index contributed by atoms with van der Waals surface area (Å²) in [6.07, 6.45) is 4.48. The smallest absolute Gasteiger partial charge is 0.255 e. The summed E-state index contributed by atoms with van der Waals surface area (Å²) in [5.41, 5.74) is 3.11. The van der Waals surface area contributed by atoms with Gasteiger partial charge in [-0.25, -0.2) is 4.68 Å². The van der Waals surface area contributed by atoms with Gasteiger partial charge in [0.2, 0.25) is 0 Å². The summed E-state index contributed by atoms with van der Waals surface area (Å²) in [5.74, 6) is -0.156. The van der Waals surface area contributed by atoms with Gasteiger partial charge in [0.1, 0.15) is 5.69 Å². The Labute approximate surface area is 157 Å². The van der Waals surface area contributed by atoms with Crippen LogP contribution in [0.2, 0.25) is 0 Å². The van der Waals surface area contributed by atoms with Gasteiger partial charge in [-0.15, -0.1) is 5.10 Å². The van der Waals surface area contributed by atoms with Crippen LogP contribution >= 0.6 is 0 Å². The fraction of sp³-hybridized carbons (Fsp3) is 0.286. The first-order valence-corrected chi connectivity index (χ1v) is 9.12. The second-order valence-corrected chi connectivity index (χ2v) is 7.23. The summed E-state index contributed by atoms with van der Waals surface area (Å²) in [6.45, 7) is 2.36. The number of aryl methyl sites for hydroxylation is 1. The van der Waals surface area contributed by atoms with Crippen molar-refractivity contribution in [3.8, 4) is 11.3 Å². The third kappa shape index (κ3) is 3.75. The molecule has 1 aliphatic carbocycles. The lowest BCUT2D eigenvalue weighted by molar-refractivity contribution is -0.0501. The summed E-state index contributed by atoms with van der Waals surface area (Å²) in [6, 6.07) is 15.1. The van der Waals surface area contributed by atoms with Gasteiger partial charge < -0.3 is 10.4 Å². The van der Waals surface area contributed by atoms with E-state index in [-0.39, 0.29) is 5.91 Å². The average molecular weight is 362 g/mol. The van der Waals surface area contributed by atoms with Crippen molar-refractivity contribution in [2.75, 3.05) is 5.32 Å². The molecule has 6 heteroatoms. The standard InChI is InChI=1S/C21H22N4O2/c1-15-8-9-16(12-18(15)20(26)22-17-6-3-2-4-7-17)19-13-25(24-23-19)14-21(27)10-5-11-21/h2-4,6-9,12-13,27H,5,10-11,14H2,1H3,(H,22,26). The van der Waals surface area contributed by atoms with E-state index < -0.39 is 5.60 Å². The van der Waals surface area contributed by atoms with Gasteiger partial charge in [0.25, 0.3) is 5.91 Å². The van der Waals surface area contributed by atoms with Crippen molar-refractivity contribution in [1.82, 2.24) is 15.0 Å². The largest absolute Gasteiger partial charge is 0.388 e. The fourth-order valence-electron chi connectivity index (χ4n) is 3.30. The van der Waals surface area contributed by atoms with Gasteiger partial charge in [-0.3, -0.25) is 4.79 Å². The maximum atomic E-state index is 12.7. The molecule has 1 amide bonds. The Morgan fingerprint density at radius 3 is 2.70 bits per heavy atom. The van der Waals surface area contributed by atoms with E-state index in [0.717, 1.165) is 36.1 Å². The van der Waals surface area contributed by atoms with E-state index in [1.165, 1.54) is 0 Å². The van der Waals surface area contributed by atoms with Crippen molar-refractivity contribution in [2.45, 2.75) is 38.3 Å². The Kier molecular flexibility index (Phi) is 4.49. The summed E-state index contributed by atoms with van der Waals surface area (Å²) >= 11 is 0. The van der Waals surface area contributed by atoms with E-state index in [1.54, 1.807) is 4.68 Å². The minimum absolute atomic E-state index is 0.156. The zero-order valence-electron chi connectivity index (χ0n) is 15.2. The van der Waals surface area contributed by atoms with Crippen LogP contribution in [0.5, 0.6) is 0 Å². The minimum Gasteiger partial charge on any atom is -0.388 e. The highest BCUT2D eigenvalue weighted by molar-refractivity contribution is 6.05. The molecule has 0 spiro atoms. The molecular formula is C21H22N4O2. The number of anilines is 1. The predicted molar refractivity (Wildman–Crippen MR) is 103 cm³/mol. The van der Waals surface area contributed by atoms with Crippen LogP contribution in [-0.2, 0) is 6.54 Å². The highest BCUT2D eigenvalue weighted by atomic mass is 16.3. The normalized spacial score (nSPS) is 15.2. The van der Waals surface area contributed by atoms with Crippen LogP contribution in [0, 0.1) is 6.92 Å². The molecule has 27 heavy (non-hydrogen) atoms. The molecule has 4 rings (SSSR count). The predicted octanol–water partition coefficient (Wildman–Crippen LogP) is 3.42. The molecule has 0 atom stereocenters. The molecule has 1 aliphatic rings. The second kappa shape index (κ2) is 6.96. The highest BCUT2D eigenvalue weighted by Crippen LogP contribution is 2.33. The number of aliphatic hydroxyl groups is 1. The van der Waals surface area contributed by atoms with Crippen molar-refractivity contribution in [2.24, 2.45) is 0 Å². The first kappa shape index (κ1) is 17.4. The van der Waals surface area contributed by atoms with E-state index >= 15 is 0 Å². The molecule has 0 unspecified atom stereocenters. The minimum atomic E-state index is -0.654. The Bertz CT molecular complexity index is 961. The first-order chi connectivity index (χ1) is 13.0. The number of hydrogen-bond acceptors (Lipinski definition) is 4. The third-order valence-electron chi connectivity index (χ3n) is 5.09. The van der Waals surface area contributed by atoms with Crippen molar-refractivity contribution in [3.63, 3.8) is 0 Å². The molecular weight excluding hydrogens is 340 g/mol. The molecule has 138 valence electrons. The molecule has 2 aromatic carbocycles. The number of nitrogens with one attached hydrogen (secondary N) is 1. The number of para-hydroxylation sites is 1. The molecule has 3 aromatic rings. The molecule has 1 saturated carbocycles. The molecule has 1 fully saturated rings. The van der Waals surface area contributed by atoms with Crippen molar-refractivity contribution in [3.05, 3.63) is 65.9 Å². The monoisotopic (exact) mass is 362 g/mol. The fourth-order valence-corrected chi connectivity index (χ4v) is 3.30. The van der Waals surface area contributed by atoms with Crippen LogP contribution in [-0.4, -0.2) is 31.6 Å². The van der Waals surface area contributed by atoms with E-state index in [1.807, 2.05) is 61.7 Å². The number of benzene rings is 2. The van der Waals surface area contributed by atoms with Gasteiger partial charge in [0.15, 0.2) is 0 Å². The number of carbonyl (C=O) groups is 1. The molecule has 0 radical (unpaired) electrons. The maximum Gasteiger partial charge on any atom is 0.255 e. The van der Waals surface area contributed by atoms with Crippen LogP contribution in [0.4, 0.5) is 5.69 Å². The first-order valence-electron chi connectivity index (χ1n) is 9.12. The summed E-state index contributed by atoms with van der Waals surface area (Å²) in [4.78, 5) is 12.7. The molecule has 1 aromatic heterocycles. The number of carbonyl (C=O) groups excluding carboxylic acids is 1. The van der Waals surface area contributed by atoms with Crippen molar-refractivity contribution < 1.29 is 9.90 Å². The number of amides is 1. The molecule has 0 bridgehead atoms. The summed E-state index contributed by atoms with van der Waals surface area (Å²) in [5, 5.41) is 21.6. The number of aromatic nitrogens is 3. The molecule has 1 heterocycles. The van der Waals surface area contributed by atoms with Crippen LogP contribution in [0.15, 0.2) is 54.7 Å². The number of hydrogen-bond donors (Lipinski definition) is 2. The van der Waals surface area contributed by atoms with E-state index in [9.17, 15) is 9.90 Å². The quantitative estimate of drug-likeness (QED) is 0.729. The lowest BCUT2D eigenvalue weighted by Gasteiger charge is -2.36. The van der Waals surface area contributed by atoms with Crippen LogP contribution in [0.1, 0.15) is 35.2 Å². The van der Waals surface area contributed by atoms with Crippen molar-refractivity contribution in [1.29, 1.82) is 0 Å². The van der Waals surface area contributed by atoms with Gasteiger partial charge in [-0.2, -0.15) is 0 Å². The van der Waals surface area contributed by atoms with Crippen LogP contribution in [0.3, 0.4) is 0 Å². The molecule has 0 aliphatic heterocycles. The van der Waals surface area contributed by atoms with E-state index in [0.29, 0.717) is 17.8 Å². The second-order valence-electron chi connectivity index (χ2n) is 7.23. The zero-order chi connectivity index (χ0) is 18.9. The Hall–Kier alpha value is -2.99. The number of nitrogens with zero attached hydrogens (tertiary/aromatic N) is 3. The van der Waals surface area contributed by atoms with Crippen LogP contribution < -0.4 is 5.32 Å². The Morgan fingerprint density at radius 2 is 2.00 bits per heavy atom. The highest BCUT2D eigenvalue weighted by Gasteiger charge is 2.35. The Balaban J connectivity index is 1.55. The van der Waals surface area contributed by atoms with Gasteiger partial charge in [-0.05, 0) is 49.9 Å². The summed E-state index contributed by atoms with van der Waals surface area (Å²) < 4.78 is 1.68.